The van der Waals surface area contributed by atoms with Crippen LogP contribution in [0.4, 0.5) is 0 Å². The Morgan fingerprint density at radius 1 is 1.39 bits per heavy atom. The Kier molecular flexibility index (Phi) is 4.63. The lowest BCUT2D eigenvalue weighted by Gasteiger charge is -2.49. The van der Waals surface area contributed by atoms with Gasteiger partial charge in [-0.2, -0.15) is 11.8 Å². The molecule has 1 unspecified atom stereocenters. The Morgan fingerprint density at radius 3 is 2.67 bits per heavy atom. The molecule has 2 rings (SSSR count). The fourth-order valence-electron chi connectivity index (χ4n) is 3.03. The molecule has 0 saturated carbocycles. The molecule has 106 valence electrons. The molecule has 2 aliphatic rings. The predicted octanol–water partition coefficient (Wildman–Crippen LogP) is 2.13. The summed E-state index contributed by atoms with van der Waals surface area (Å²) >= 11 is 2.05. The van der Waals surface area contributed by atoms with Gasteiger partial charge in [-0.15, -0.1) is 0 Å². The van der Waals surface area contributed by atoms with Crippen LogP contribution < -0.4 is 0 Å². The third-order valence-corrected chi connectivity index (χ3v) is 5.75. The summed E-state index contributed by atoms with van der Waals surface area (Å²) in [4.78, 5) is 2.36. The second kappa shape index (κ2) is 5.70. The second-order valence-corrected chi connectivity index (χ2v) is 7.60. The molecule has 0 aliphatic carbocycles. The Balaban J connectivity index is 2.02. The van der Waals surface area contributed by atoms with Crippen molar-refractivity contribution in [3.8, 4) is 0 Å². The molecule has 0 bridgehead atoms. The van der Waals surface area contributed by atoms with Crippen LogP contribution in [0, 0.1) is 0 Å². The van der Waals surface area contributed by atoms with E-state index in [1.165, 1.54) is 24.3 Å². The lowest BCUT2D eigenvalue weighted by molar-refractivity contribution is -0.120. The van der Waals surface area contributed by atoms with Crippen LogP contribution in [0.3, 0.4) is 0 Å². The van der Waals surface area contributed by atoms with Crippen LogP contribution in [0.15, 0.2) is 0 Å². The van der Waals surface area contributed by atoms with Gasteiger partial charge in [0.05, 0.1) is 12.2 Å². The molecule has 0 amide bonds. The molecule has 1 N–H and O–H groups in total. The first-order valence-electron chi connectivity index (χ1n) is 7.05. The normalized spacial score (nSPS) is 28.8. The number of rotatable bonds is 3. The molecule has 18 heavy (non-hydrogen) atoms. The SMILES string of the molecule is CN(C1CCOC2(CCSCC2)C1)C(C)(C)CO. The van der Waals surface area contributed by atoms with Gasteiger partial charge in [0.2, 0.25) is 0 Å². The highest BCUT2D eigenvalue weighted by Gasteiger charge is 2.42. The van der Waals surface area contributed by atoms with E-state index in [9.17, 15) is 5.11 Å². The van der Waals surface area contributed by atoms with E-state index in [0.717, 1.165) is 19.4 Å². The van der Waals surface area contributed by atoms with Crippen LogP contribution in [0.25, 0.3) is 0 Å². The van der Waals surface area contributed by atoms with E-state index in [0.29, 0.717) is 6.04 Å². The first-order chi connectivity index (χ1) is 8.49. The van der Waals surface area contributed by atoms with Crippen LogP contribution in [0.2, 0.25) is 0 Å². The largest absolute Gasteiger partial charge is 0.394 e. The van der Waals surface area contributed by atoms with Crippen molar-refractivity contribution in [2.45, 2.75) is 56.7 Å². The maximum atomic E-state index is 9.52. The summed E-state index contributed by atoms with van der Waals surface area (Å²) < 4.78 is 6.13. The van der Waals surface area contributed by atoms with E-state index in [-0.39, 0.29) is 17.7 Å². The molecule has 0 aromatic rings. The fraction of sp³-hybridized carbons (Fsp3) is 1.00. The van der Waals surface area contributed by atoms with Crippen molar-refractivity contribution in [2.75, 3.05) is 31.8 Å². The van der Waals surface area contributed by atoms with Gasteiger partial charge in [-0.25, -0.2) is 0 Å². The van der Waals surface area contributed by atoms with E-state index < -0.39 is 0 Å². The van der Waals surface area contributed by atoms with Gasteiger partial charge in [-0.05, 0) is 58.1 Å². The molecular weight excluding hydrogens is 246 g/mol. The van der Waals surface area contributed by atoms with Crippen LogP contribution in [-0.4, -0.2) is 59.0 Å². The number of thioether (sulfide) groups is 1. The lowest BCUT2D eigenvalue weighted by atomic mass is 9.83. The van der Waals surface area contributed by atoms with Gasteiger partial charge in [0.15, 0.2) is 0 Å². The molecule has 0 aromatic carbocycles. The van der Waals surface area contributed by atoms with Gasteiger partial charge >= 0.3 is 0 Å². The van der Waals surface area contributed by atoms with E-state index >= 15 is 0 Å². The minimum atomic E-state index is -0.132. The van der Waals surface area contributed by atoms with Gasteiger partial charge in [0.25, 0.3) is 0 Å². The van der Waals surface area contributed by atoms with Crippen molar-refractivity contribution in [1.82, 2.24) is 4.90 Å². The van der Waals surface area contributed by atoms with Crippen molar-refractivity contribution in [3.63, 3.8) is 0 Å². The number of ether oxygens (including phenoxy) is 1. The number of nitrogens with zero attached hydrogens (tertiary/aromatic N) is 1. The molecule has 3 nitrogen and oxygen atoms in total. The number of hydrogen-bond acceptors (Lipinski definition) is 4. The van der Waals surface area contributed by atoms with E-state index in [1.54, 1.807) is 0 Å². The Morgan fingerprint density at radius 2 is 2.06 bits per heavy atom. The molecule has 1 spiro atoms. The maximum Gasteiger partial charge on any atom is 0.0713 e. The summed E-state index contributed by atoms with van der Waals surface area (Å²) in [6, 6.07) is 0.545. The summed E-state index contributed by atoms with van der Waals surface area (Å²) in [5.74, 6) is 2.47. The minimum absolute atomic E-state index is 0.132. The summed E-state index contributed by atoms with van der Waals surface area (Å²) in [5.41, 5.74) is 0.000571. The monoisotopic (exact) mass is 273 g/mol. The Labute approximate surface area is 115 Å². The van der Waals surface area contributed by atoms with Crippen molar-refractivity contribution in [2.24, 2.45) is 0 Å². The molecule has 4 heteroatoms. The lowest BCUT2D eigenvalue weighted by Crippen LogP contribution is -2.55. The predicted molar refractivity (Wildman–Crippen MR) is 77.2 cm³/mol. The van der Waals surface area contributed by atoms with E-state index in [1.807, 2.05) is 11.8 Å². The van der Waals surface area contributed by atoms with Crippen molar-refractivity contribution in [1.29, 1.82) is 0 Å². The van der Waals surface area contributed by atoms with Gasteiger partial charge < -0.3 is 9.84 Å². The van der Waals surface area contributed by atoms with Crippen molar-refractivity contribution < 1.29 is 9.84 Å². The first kappa shape index (κ1) is 14.6. The number of hydrogen-bond donors (Lipinski definition) is 1. The third kappa shape index (κ3) is 3.03. The van der Waals surface area contributed by atoms with Crippen LogP contribution in [0.1, 0.15) is 39.5 Å². The van der Waals surface area contributed by atoms with Gasteiger partial charge in [0.1, 0.15) is 0 Å². The van der Waals surface area contributed by atoms with E-state index in [4.69, 9.17) is 4.74 Å². The average Bonchev–Trinajstić information content (AvgIpc) is 2.39. The summed E-state index contributed by atoms with van der Waals surface area (Å²) in [7, 11) is 2.15. The second-order valence-electron chi connectivity index (χ2n) is 6.37. The van der Waals surface area contributed by atoms with Crippen LogP contribution >= 0.6 is 11.8 Å². The van der Waals surface area contributed by atoms with Gasteiger partial charge in [-0.1, -0.05) is 0 Å². The smallest absolute Gasteiger partial charge is 0.0713 e. The summed E-state index contributed by atoms with van der Waals surface area (Å²) in [6.07, 6.45) is 4.62. The van der Waals surface area contributed by atoms with Crippen LogP contribution in [0.5, 0.6) is 0 Å². The number of aliphatic hydroxyl groups is 1. The first-order valence-corrected chi connectivity index (χ1v) is 8.20. The van der Waals surface area contributed by atoms with Gasteiger partial charge in [0, 0.05) is 18.2 Å². The summed E-state index contributed by atoms with van der Waals surface area (Å²) in [5, 5.41) is 9.52. The molecule has 2 heterocycles. The highest BCUT2D eigenvalue weighted by Crippen LogP contribution is 2.39. The summed E-state index contributed by atoms with van der Waals surface area (Å²) in [6.45, 7) is 5.32. The van der Waals surface area contributed by atoms with E-state index in [2.05, 4.69) is 25.8 Å². The molecule has 1 atom stereocenters. The van der Waals surface area contributed by atoms with Crippen molar-refractivity contribution in [3.05, 3.63) is 0 Å². The van der Waals surface area contributed by atoms with Crippen molar-refractivity contribution >= 4 is 11.8 Å². The third-order valence-electron chi connectivity index (χ3n) is 4.76. The molecular formula is C14H27NO2S. The average molecular weight is 273 g/mol. The zero-order valence-corrected chi connectivity index (χ0v) is 12.8. The number of aliphatic hydroxyl groups excluding tert-OH is 1. The molecule has 2 fully saturated rings. The zero-order valence-electron chi connectivity index (χ0n) is 11.9. The highest BCUT2D eigenvalue weighted by atomic mass is 32.2. The zero-order chi connectivity index (χ0) is 13.2. The highest BCUT2D eigenvalue weighted by molar-refractivity contribution is 7.99. The fourth-order valence-corrected chi connectivity index (χ4v) is 4.27. The minimum Gasteiger partial charge on any atom is -0.394 e. The maximum absolute atomic E-state index is 9.52. The van der Waals surface area contributed by atoms with Crippen LogP contribution in [-0.2, 0) is 4.74 Å². The number of likely N-dealkylation sites (N-methyl/N-ethyl adjacent to an activating group) is 1. The Bertz CT molecular complexity index is 271. The van der Waals surface area contributed by atoms with Gasteiger partial charge in [-0.3, -0.25) is 4.90 Å². The molecule has 2 aliphatic heterocycles. The topological polar surface area (TPSA) is 32.7 Å². The molecule has 0 aromatic heterocycles. The quantitative estimate of drug-likeness (QED) is 0.854. The molecule has 2 saturated heterocycles. The Hall–Kier alpha value is 0.230. The molecule has 0 radical (unpaired) electrons. The standard InChI is InChI=1S/C14H27NO2S/c1-13(2,11-16)15(3)12-4-7-17-14(10-12)5-8-18-9-6-14/h12,16H,4-11H2,1-3H3.